The number of carbonyl (C=O) groups excluding carboxylic acids is 10. The van der Waals surface area contributed by atoms with E-state index >= 15 is 14.4 Å². The summed E-state index contributed by atoms with van der Waals surface area (Å²) >= 11 is 0. The van der Waals surface area contributed by atoms with Gasteiger partial charge in [0.25, 0.3) is 0 Å². The number of carboxylic acid groups (broad SMARTS) is 1. The zero-order chi connectivity index (χ0) is 86.1. The average molecular weight is 1640 g/mol. The highest BCUT2D eigenvalue weighted by molar-refractivity contribution is 6.00. The van der Waals surface area contributed by atoms with Gasteiger partial charge in [-0.15, -0.1) is 0 Å². The molecule has 4 aromatic carbocycles. The van der Waals surface area contributed by atoms with Crippen molar-refractivity contribution in [2.24, 2.45) is 34.6 Å². The van der Waals surface area contributed by atoms with Crippen LogP contribution < -0.4 is 103 Å². The Morgan fingerprint density at radius 2 is 0.653 bits per heavy atom. The predicted molar refractivity (Wildman–Crippen MR) is 438 cm³/mol. The van der Waals surface area contributed by atoms with Crippen LogP contribution in [0.4, 0.5) is 0 Å². The first-order valence-electron chi connectivity index (χ1n) is 38.3. The number of H-pyrrole nitrogens is 3. The molecule has 35 N–H and O–H groups in total. The van der Waals surface area contributed by atoms with Gasteiger partial charge in [-0.05, 0) is 116 Å². The molecule has 0 fully saturated rings. The molecule has 3 heterocycles. The van der Waals surface area contributed by atoms with Gasteiger partial charge in [0.05, 0.1) is 19.3 Å². The van der Waals surface area contributed by atoms with Gasteiger partial charge in [-0.3, -0.25) is 69.6 Å². The fourth-order valence-electron chi connectivity index (χ4n) is 13.0. The minimum atomic E-state index is -1.79. The molecule has 0 radical (unpaired) electrons. The minimum Gasteiger partial charge on any atom is -0.508 e. The Morgan fingerprint density at radius 1 is 0.364 bits per heavy atom. The monoisotopic (exact) mass is 1640 g/mol. The van der Waals surface area contributed by atoms with E-state index in [2.05, 4.69) is 89.4 Å². The molecule has 11 atom stereocenters. The van der Waals surface area contributed by atoms with Crippen LogP contribution in [0.3, 0.4) is 0 Å². The number of carbonyl (C=O) groups is 11. The highest BCUT2D eigenvalue weighted by Gasteiger charge is 2.38. The molecular weight excluding hydrogens is 1530 g/mol. The Morgan fingerprint density at radius 3 is 1.01 bits per heavy atom. The van der Waals surface area contributed by atoms with Gasteiger partial charge in [-0.25, -0.2) is 4.79 Å². The number of aliphatic carboxylic acids is 1. The van der Waals surface area contributed by atoms with E-state index in [0.717, 1.165) is 27.4 Å². The number of nitrogens with two attached hydrogens (primary N) is 5. The molecule has 0 aliphatic carbocycles. The maximum atomic E-state index is 15.1. The molecule has 0 saturated heterocycles. The van der Waals surface area contributed by atoms with Gasteiger partial charge in [0.15, 0.2) is 23.8 Å². The van der Waals surface area contributed by atoms with Crippen LogP contribution in [0.1, 0.15) is 87.5 Å². The summed E-state index contributed by atoms with van der Waals surface area (Å²) in [4.78, 5) is 168. The summed E-state index contributed by atoms with van der Waals surface area (Å²) in [5.41, 5.74) is 32.9. The number of para-hydroxylation sites is 3. The number of hydrogen-bond acceptors (Lipinski definition) is 19. The first kappa shape index (κ1) is 91.6. The topological polar surface area (TPSA) is 710 Å². The number of phenolic OH excluding ortho intramolecular Hbond substituents is 1. The van der Waals surface area contributed by atoms with Gasteiger partial charge < -0.3 is 138 Å². The highest BCUT2D eigenvalue weighted by Crippen LogP contribution is 2.24. The van der Waals surface area contributed by atoms with Crippen molar-refractivity contribution in [2.75, 3.05) is 39.4 Å². The number of hydrogen-bond donors (Lipinski definition) is 30. The number of aliphatic hydroxyl groups is 2. The average Bonchev–Trinajstić information content (AvgIpc) is 1.68. The Hall–Kier alpha value is -13.6. The van der Waals surface area contributed by atoms with Crippen LogP contribution in [-0.2, 0) is 78.4 Å². The first-order valence-corrected chi connectivity index (χ1v) is 38.3. The number of carboxylic acids is 1. The van der Waals surface area contributed by atoms with Crippen molar-refractivity contribution in [3.63, 3.8) is 0 Å². The molecule has 7 rings (SSSR count). The summed E-state index contributed by atoms with van der Waals surface area (Å²) < 4.78 is 0. The van der Waals surface area contributed by atoms with E-state index in [1.54, 1.807) is 68.8 Å². The molecule has 0 unspecified atom stereocenters. The van der Waals surface area contributed by atoms with Crippen LogP contribution >= 0.6 is 0 Å². The normalized spacial score (nSPS) is 14.0. The maximum absolute atomic E-state index is 15.1. The van der Waals surface area contributed by atoms with Gasteiger partial charge in [0.1, 0.15) is 66.2 Å². The summed E-state index contributed by atoms with van der Waals surface area (Å²) in [6.07, 6.45) is 3.61. The second-order valence-electron chi connectivity index (χ2n) is 28.6. The van der Waals surface area contributed by atoms with Crippen LogP contribution in [0.25, 0.3) is 32.7 Å². The Balaban J connectivity index is 1.13. The number of aromatic amines is 3. The summed E-state index contributed by atoms with van der Waals surface area (Å²) in [5.74, 6) is -13.9. The van der Waals surface area contributed by atoms with E-state index in [0.29, 0.717) is 27.6 Å². The SMILES string of the molecule is CC(C)[C@H](NC(=O)[C@H](Cc1ccc(O)cc1)NC(=O)[C@H](CO)NC(=O)[C@H](Cc1c[nH]c2ccccc12)NC(=O)[C@@H](N)Cc1c[nH]c2ccccc12)C(=O)N[C@@H](CCCNC(=N)N)C(=O)N[C@@H](CCCNC(=N)N)C(=O)N[C@@H](Cc1c[nH]c2ccccc12)C(=O)N[C@@H](CCCNC(=N)N)C(=O)N[C@@H](CO)C(=O)N[C@@H](CCCNC(=N)N)C(=O)O. The van der Waals surface area contributed by atoms with Gasteiger partial charge in [-0.2, -0.15) is 0 Å². The Labute approximate surface area is 678 Å². The lowest BCUT2D eigenvalue weighted by atomic mass is 9.99. The number of aromatic hydroxyl groups is 1. The van der Waals surface area contributed by atoms with Crippen molar-refractivity contribution in [2.45, 2.75) is 157 Å². The van der Waals surface area contributed by atoms with E-state index in [1.165, 1.54) is 24.3 Å². The lowest BCUT2D eigenvalue weighted by molar-refractivity contribution is -0.143. The molecule has 118 heavy (non-hydrogen) atoms. The number of phenols is 1. The molecule has 0 bridgehead atoms. The van der Waals surface area contributed by atoms with Gasteiger partial charge >= 0.3 is 5.97 Å². The minimum absolute atomic E-state index is 0.0132. The Bertz CT molecular complexity index is 4660. The van der Waals surface area contributed by atoms with Crippen molar-refractivity contribution in [3.8, 4) is 5.75 Å². The van der Waals surface area contributed by atoms with Crippen LogP contribution in [0.2, 0.25) is 0 Å². The lowest BCUT2D eigenvalue weighted by Crippen LogP contribution is -2.62. The number of nitrogens with one attached hydrogen (secondary N) is 21. The van der Waals surface area contributed by atoms with E-state index in [4.69, 9.17) is 50.3 Å². The molecule has 0 spiro atoms. The van der Waals surface area contributed by atoms with Crippen molar-refractivity contribution < 1.29 is 73.2 Å². The van der Waals surface area contributed by atoms with Gasteiger partial charge in [-0.1, -0.05) is 80.6 Å². The largest absolute Gasteiger partial charge is 0.508 e. The molecule has 41 nitrogen and oxygen atoms in total. The molecule has 636 valence electrons. The fraction of sp³-hybridized carbons (Fsp3) is 0.416. The molecule has 0 saturated carbocycles. The van der Waals surface area contributed by atoms with E-state index in [9.17, 15) is 58.8 Å². The highest BCUT2D eigenvalue weighted by atomic mass is 16.4. The molecular formula is C77H108N26O15. The number of aromatic nitrogens is 3. The van der Waals surface area contributed by atoms with E-state index in [1.807, 2.05) is 36.4 Å². The summed E-state index contributed by atoms with van der Waals surface area (Å²) in [6.45, 7) is 1.05. The summed E-state index contributed by atoms with van der Waals surface area (Å²) in [7, 11) is 0. The third kappa shape index (κ3) is 28.5. The van der Waals surface area contributed by atoms with Crippen molar-refractivity contribution >= 4 is 122 Å². The standard InChI is InChI=1S/C77H108N26O15/c1-40(2)62(103-69(113)57(31-41-23-25-45(106)26-24-41)99-71(115)61(39-105)102-68(112)58(33-43-36-92-51-17-7-4-14-47(43)51)98-63(107)49(78)32-42-35-91-50-16-6-3-13-46(42)50)72(116)96-55(21-11-29-89-76(83)84)64(108)94-53(19-9-27-87-74(79)80)65(109)100-59(34-44-37-93-52-18-8-5-15-48(44)52)67(111)95-54(20-10-28-88-75(81)82)66(110)101-60(38-104)70(114)97-56(73(117)118)22-12-30-90-77(85)86/h3-8,13-18,23-26,35-37,40,49,53-62,91-93,104-106H,9-12,19-22,27-34,38-39,78H2,1-2H3,(H,94,108)(H,95,111)(H,96,116)(H,97,114)(H,98,107)(H,99,115)(H,100,109)(H,101,110)(H,102,112)(H,103,113)(H,117,118)(H4,79,80,87)(H4,81,82,88)(H4,83,84,89)(H4,85,86,90)/t49-,53-,54-,55-,56-,57-,58-,59-,60-,61-,62-/m0/s1. The van der Waals surface area contributed by atoms with Crippen LogP contribution in [0, 0.1) is 27.6 Å². The van der Waals surface area contributed by atoms with Gasteiger partial charge in [0.2, 0.25) is 59.1 Å². The third-order valence-corrected chi connectivity index (χ3v) is 19.3. The molecule has 3 aromatic heterocycles. The number of guanidine groups is 4. The zero-order valence-electron chi connectivity index (χ0n) is 65.3. The van der Waals surface area contributed by atoms with Crippen LogP contribution in [0.15, 0.2) is 116 Å². The molecule has 0 aliphatic heterocycles. The molecule has 0 aliphatic rings. The van der Waals surface area contributed by atoms with Crippen LogP contribution in [-0.4, -0.2) is 230 Å². The first-order chi connectivity index (χ1) is 56.3. The Kier molecular flexibility index (Phi) is 35.3. The third-order valence-electron chi connectivity index (χ3n) is 19.3. The lowest BCUT2D eigenvalue weighted by Gasteiger charge is -2.29. The van der Waals surface area contributed by atoms with Crippen LogP contribution in [0.5, 0.6) is 5.75 Å². The van der Waals surface area contributed by atoms with Crippen molar-refractivity contribution in [1.29, 1.82) is 21.6 Å². The fourth-order valence-corrected chi connectivity index (χ4v) is 13.0. The zero-order valence-corrected chi connectivity index (χ0v) is 65.3. The second-order valence-corrected chi connectivity index (χ2v) is 28.6. The van der Waals surface area contributed by atoms with Crippen molar-refractivity contribution in [3.05, 3.63) is 138 Å². The quantitative estimate of drug-likeness (QED) is 0.00983. The smallest absolute Gasteiger partial charge is 0.326 e. The van der Waals surface area contributed by atoms with E-state index in [-0.39, 0.29) is 115 Å². The summed E-state index contributed by atoms with van der Waals surface area (Å²) in [6, 6.07) is 9.95. The predicted octanol–water partition coefficient (Wildman–Crippen LogP) is -3.94. The molecule has 7 aromatic rings. The number of amides is 10. The summed E-state index contributed by atoms with van der Waals surface area (Å²) in [5, 5.41) is 110. The number of aliphatic hydroxyl groups excluding tert-OH is 2. The number of benzene rings is 4. The second kappa shape index (κ2) is 45.5. The molecule has 41 heteroatoms. The van der Waals surface area contributed by atoms with Crippen molar-refractivity contribution in [1.82, 2.24) is 89.4 Å². The van der Waals surface area contributed by atoms with Gasteiger partial charge in [0, 0.05) is 96.7 Å². The maximum Gasteiger partial charge on any atom is 0.326 e. The number of fused-ring (bicyclic) bond motifs is 3. The van der Waals surface area contributed by atoms with E-state index < -0.39 is 169 Å². The number of rotatable bonds is 48. The molecule has 10 amide bonds.